The van der Waals surface area contributed by atoms with Gasteiger partial charge in [-0.2, -0.15) is 0 Å². The van der Waals surface area contributed by atoms with Gasteiger partial charge in [-0.3, -0.25) is 9.59 Å². The maximum atomic E-state index is 12.8. The zero-order valence-electron chi connectivity index (χ0n) is 18.8. The molecular weight excluding hydrogens is 400 g/mol. The summed E-state index contributed by atoms with van der Waals surface area (Å²) < 4.78 is 5.38. The van der Waals surface area contributed by atoms with Crippen molar-refractivity contribution in [2.45, 2.75) is 19.9 Å². The smallest absolute Gasteiger partial charge is 0.255 e. The number of nitrogens with one attached hydrogen (secondary N) is 1. The van der Waals surface area contributed by atoms with E-state index in [4.69, 9.17) is 4.74 Å². The van der Waals surface area contributed by atoms with Gasteiger partial charge in [0.05, 0.1) is 13.2 Å². The van der Waals surface area contributed by atoms with Crippen LogP contribution in [0.3, 0.4) is 0 Å². The highest BCUT2D eigenvalue weighted by Crippen LogP contribution is 2.24. The Morgan fingerprint density at radius 2 is 1.75 bits per heavy atom. The summed E-state index contributed by atoms with van der Waals surface area (Å²) >= 11 is 0. The SMILES string of the molecule is COc1ccc(C)cc1/C=C/C(=O)N(C)C(C)c1cccc(NC(=O)c2ccccc2)c1. The van der Waals surface area contributed by atoms with Crippen molar-refractivity contribution in [3.05, 3.63) is 101 Å². The largest absolute Gasteiger partial charge is 0.496 e. The van der Waals surface area contributed by atoms with Crippen molar-refractivity contribution in [3.63, 3.8) is 0 Å². The van der Waals surface area contributed by atoms with Crippen LogP contribution < -0.4 is 10.1 Å². The molecule has 3 aromatic rings. The molecule has 0 aliphatic rings. The van der Waals surface area contributed by atoms with E-state index in [2.05, 4.69) is 5.32 Å². The first-order chi connectivity index (χ1) is 15.4. The summed E-state index contributed by atoms with van der Waals surface area (Å²) in [5.74, 6) is 0.423. The Morgan fingerprint density at radius 1 is 1.00 bits per heavy atom. The average Bonchev–Trinajstić information content (AvgIpc) is 2.82. The maximum Gasteiger partial charge on any atom is 0.255 e. The highest BCUT2D eigenvalue weighted by Gasteiger charge is 2.16. The molecule has 0 aliphatic carbocycles. The summed E-state index contributed by atoms with van der Waals surface area (Å²) in [5.41, 5.74) is 4.15. The van der Waals surface area contributed by atoms with Crippen molar-refractivity contribution in [1.82, 2.24) is 4.90 Å². The lowest BCUT2D eigenvalue weighted by Gasteiger charge is -2.24. The fourth-order valence-corrected chi connectivity index (χ4v) is 3.35. The Bertz CT molecular complexity index is 1120. The van der Waals surface area contributed by atoms with Gasteiger partial charge in [0.15, 0.2) is 0 Å². The molecule has 5 nitrogen and oxygen atoms in total. The Morgan fingerprint density at radius 3 is 2.47 bits per heavy atom. The fourth-order valence-electron chi connectivity index (χ4n) is 3.35. The number of amides is 2. The molecule has 1 unspecified atom stereocenters. The number of hydrogen-bond donors (Lipinski definition) is 1. The monoisotopic (exact) mass is 428 g/mol. The molecule has 0 spiro atoms. The number of likely N-dealkylation sites (N-methyl/N-ethyl adjacent to an activating group) is 1. The molecular formula is C27H28N2O3. The normalized spacial score (nSPS) is 11.8. The lowest BCUT2D eigenvalue weighted by Crippen LogP contribution is -2.28. The van der Waals surface area contributed by atoms with Crippen molar-refractivity contribution in [1.29, 1.82) is 0 Å². The third-order valence-corrected chi connectivity index (χ3v) is 5.38. The molecule has 3 aromatic carbocycles. The van der Waals surface area contributed by atoms with Gasteiger partial charge in [0.1, 0.15) is 5.75 Å². The van der Waals surface area contributed by atoms with Gasteiger partial charge in [0.25, 0.3) is 5.91 Å². The second kappa shape index (κ2) is 10.4. The minimum atomic E-state index is -0.180. The quantitative estimate of drug-likeness (QED) is 0.506. The van der Waals surface area contributed by atoms with Crippen LogP contribution >= 0.6 is 0 Å². The van der Waals surface area contributed by atoms with Gasteiger partial charge in [0.2, 0.25) is 5.91 Å². The number of carbonyl (C=O) groups excluding carboxylic acids is 2. The summed E-state index contributed by atoms with van der Waals surface area (Å²) in [6, 6.07) is 22.3. The molecule has 5 heteroatoms. The molecule has 2 amide bonds. The van der Waals surface area contributed by atoms with E-state index in [-0.39, 0.29) is 17.9 Å². The Balaban J connectivity index is 1.71. The lowest BCUT2D eigenvalue weighted by atomic mass is 10.1. The van der Waals surface area contributed by atoms with E-state index < -0.39 is 0 Å². The van der Waals surface area contributed by atoms with E-state index in [1.807, 2.05) is 74.5 Å². The second-order valence-electron chi connectivity index (χ2n) is 7.65. The van der Waals surface area contributed by atoms with Crippen molar-refractivity contribution in [2.24, 2.45) is 0 Å². The van der Waals surface area contributed by atoms with Gasteiger partial charge in [-0.1, -0.05) is 42.0 Å². The van der Waals surface area contributed by atoms with Crippen LogP contribution in [0.2, 0.25) is 0 Å². The molecule has 164 valence electrons. The van der Waals surface area contributed by atoms with E-state index in [1.165, 1.54) is 0 Å². The van der Waals surface area contributed by atoms with Crippen molar-refractivity contribution in [3.8, 4) is 5.75 Å². The molecule has 1 N–H and O–H groups in total. The number of anilines is 1. The van der Waals surface area contributed by atoms with Gasteiger partial charge in [0, 0.05) is 29.9 Å². The number of methoxy groups -OCH3 is 1. The zero-order valence-corrected chi connectivity index (χ0v) is 18.8. The minimum absolute atomic E-state index is 0.125. The number of ether oxygens (including phenoxy) is 1. The first kappa shape index (κ1) is 22.8. The average molecular weight is 429 g/mol. The third kappa shape index (κ3) is 5.64. The van der Waals surface area contributed by atoms with Crippen LogP contribution in [-0.4, -0.2) is 30.9 Å². The van der Waals surface area contributed by atoms with Crippen LogP contribution in [0.25, 0.3) is 6.08 Å². The molecule has 0 bridgehead atoms. The Labute approximate surface area is 189 Å². The van der Waals surface area contributed by atoms with Crippen LogP contribution in [-0.2, 0) is 4.79 Å². The second-order valence-corrected chi connectivity index (χ2v) is 7.65. The van der Waals surface area contributed by atoms with E-state index in [9.17, 15) is 9.59 Å². The first-order valence-electron chi connectivity index (χ1n) is 10.4. The molecule has 32 heavy (non-hydrogen) atoms. The van der Waals surface area contributed by atoms with Gasteiger partial charge < -0.3 is 15.0 Å². The van der Waals surface area contributed by atoms with E-state index >= 15 is 0 Å². The predicted octanol–water partition coefficient (Wildman–Crippen LogP) is 5.49. The number of carbonyl (C=O) groups is 2. The molecule has 0 heterocycles. The van der Waals surface area contributed by atoms with E-state index in [0.29, 0.717) is 11.3 Å². The summed E-state index contributed by atoms with van der Waals surface area (Å²) in [6.45, 7) is 3.95. The van der Waals surface area contributed by atoms with Gasteiger partial charge >= 0.3 is 0 Å². The summed E-state index contributed by atoms with van der Waals surface area (Å²) in [7, 11) is 3.38. The number of nitrogens with zero attached hydrogens (tertiary/aromatic N) is 1. The van der Waals surface area contributed by atoms with Gasteiger partial charge in [-0.25, -0.2) is 0 Å². The molecule has 1 atom stereocenters. The van der Waals surface area contributed by atoms with Gasteiger partial charge in [-0.05, 0) is 61.9 Å². The summed E-state index contributed by atoms with van der Waals surface area (Å²) in [4.78, 5) is 26.9. The van der Waals surface area contributed by atoms with E-state index in [1.54, 1.807) is 43.3 Å². The highest BCUT2D eigenvalue weighted by atomic mass is 16.5. The molecule has 0 radical (unpaired) electrons. The summed E-state index contributed by atoms with van der Waals surface area (Å²) in [5, 5.41) is 2.92. The van der Waals surface area contributed by atoms with Crippen LogP contribution in [0.5, 0.6) is 5.75 Å². The van der Waals surface area contributed by atoms with Crippen molar-refractivity contribution >= 4 is 23.6 Å². The number of hydrogen-bond acceptors (Lipinski definition) is 3. The molecule has 0 saturated carbocycles. The van der Waals surface area contributed by atoms with Crippen LogP contribution in [0.4, 0.5) is 5.69 Å². The lowest BCUT2D eigenvalue weighted by molar-refractivity contribution is -0.126. The molecule has 3 rings (SSSR count). The number of benzene rings is 3. The molecule has 0 fully saturated rings. The van der Waals surface area contributed by atoms with Crippen LogP contribution in [0.15, 0.2) is 78.9 Å². The topological polar surface area (TPSA) is 58.6 Å². The minimum Gasteiger partial charge on any atom is -0.496 e. The Kier molecular flexibility index (Phi) is 7.45. The fraction of sp³-hybridized carbons (Fsp3) is 0.185. The van der Waals surface area contributed by atoms with Crippen molar-refractivity contribution < 1.29 is 14.3 Å². The molecule has 0 aliphatic heterocycles. The summed E-state index contributed by atoms with van der Waals surface area (Å²) in [6.07, 6.45) is 3.32. The Hall–Kier alpha value is -3.86. The molecule has 0 saturated heterocycles. The standard InChI is InChI=1S/C27H28N2O3/c1-19-13-15-25(32-4)23(17-19)14-16-26(30)29(3)20(2)22-11-8-12-24(18-22)28-27(31)21-9-6-5-7-10-21/h5-18,20H,1-4H3,(H,28,31)/b16-14+. The highest BCUT2D eigenvalue weighted by molar-refractivity contribution is 6.04. The van der Waals surface area contributed by atoms with Crippen molar-refractivity contribution in [2.75, 3.05) is 19.5 Å². The number of rotatable bonds is 7. The number of aryl methyl sites for hydroxylation is 1. The van der Waals surface area contributed by atoms with Crippen LogP contribution in [0.1, 0.15) is 40.0 Å². The van der Waals surface area contributed by atoms with Gasteiger partial charge in [-0.15, -0.1) is 0 Å². The van der Waals surface area contributed by atoms with E-state index in [0.717, 1.165) is 22.4 Å². The zero-order chi connectivity index (χ0) is 23.1. The first-order valence-corrected chi connectivity index (χ1v) is 10.4. The maximum absolute atomic E-state index is 12.8. The third-order valence-electron chi connectivity index (χ3n) is 5.38. The molecule has 0 aromatic heterocycles. The predicted molar refractivity (Wildman–Crippen MR) is 129 cm³/mol. The van der Waals surface area contributed by atoms with Crippen LogP contribution in [0, 0.1) is 6.92 Å².